The Labute approximate surface area is 164 Å². The molecule has 0 saturated carbocycles. The second-order valence-corrected chi connectivity index (χ2v) is 7.00. The van der Waals surface area contributed by atoms with E-state index in [0.29, 0.717) is 12.1 Å². The molecule has 1 saturated heterocycles. The van der Waals surface area contributed by atoms with Gasteiger partial charge in [0, 0.05) is 6.42 Å². The molecular weight excluding hydrogens is 358 g/mol. The third kappa shape index (κ3) is 4.75. The maximum absolute atomic E-state index is 12.9. The summed E-state index contributed by atoms with van der Waals surface area (Å²) in [6.45, 7) is 3.76. The standard InChI is InChI=1S/C20H27N5O3/c1-14-19(23-24-25(14)16-10-12-21-13-11-16)20(27)22-17(8-9-18(26)28-2)15-6-4-3-5-7-15/h3-7,16-17,21H,8-13H2,1-2H3,(H,22,27). The molecule has 2 aromatic rings. The van der Waals surface area contributed by atoms with E-state index < -0.39 is 0 Å². The molecular formula is C20H27N5O3. The number of rotatable bonds is 7. The van der Waals surface area contributed by atoms with Crippen LogP contribution < -0.4 is 10.6 Å². The van der Waals surface area contributed by atoms with Crippen LogP contribution in [-0.2, 0) is 9.53 Å². The average molecular weight is 385 g/mol. The second-order valence-electron chi connectivity index (χ2n) is 7.00. The van der Waals surface area contributed by atoms with Crippen LogP contribution in [0.4, 0.5) is 0 Å². The quantitative estimate of drug-likeness (QED) is 0.707. The molecule has 150 valence electrons. The summed E-state index contributed by atoms with van der Waals surface area (Å²) in [5.74, 6) is -0.584. The number of hydrogen-bond donors (Lipinski definition) is 2. The lowest BCUT2D eigenvalue weighted by Gasteiger charge is -2.23. The van der Waals surface area contributed by atoms with Crippen molar-refractivity contribution >= 4 is 11.9 Å². The molecule has 0 radical (unpaired) electrons. The van der Waals surface area contributed by atoms with E-state index in [-0.39, 0.29) is 30.4 Å². The van der Waals surface area contributed by atoms with Gasteiger partial charge in [0.25, 0.3) is 5.91 Å². The highest BCUT2D eigenvalue weighted by Gasteiger charge is 2.25. The van der Waals surface area contributed by atoms with Gasteiger partial charge in [-0.25, -0.2) is 4.68 Å². The Hall–Kier alpha value is -2.74. The third-order valence-corrected chi connectivity index (χ3v) is 5.17. The van der Waals surface area contributed by atoms with E-state index in [9.17, 15) is 9.59 Å². The van der Waals surface area contributed by atoms with Crippen LogP contribution >= 0.6 is 0 Å². The first kappa shape index (κ1) is 20.0. The molecule has 3 rings (SSSR count). The Kier molecular flexibility index (Phi) is 6.76. The topological polar surface area (TPSA) is 98.1 Å². The zero-order valence-corrected chi connectivity index (χ0v) is 16.4. The van der Waals surface area contributed by atoms with Gasteiger partial charge in [0.2, 0.25) is 0 Å². The zero-order valence-electron chi connectivity index (χ0n) is 16.4. The van der Waals surface area contributed by atoms with E-state index in [1.54, 1.807) is 0 Å². The van der Waals surface area contributed by atoms with Crippen molar-refractivity contribution in [2.45, 2.75) is 44.7 Å². The fourth-order valence-corrected chi connectivity index (χ4v) is 3.55. The van der Waals surface area contributed by atoms with Gasteiger partial charge in [0.05, 0.1) is 24.9 Å². The molecule has 1 amide bonds. The van der Waals surface area contributed by atoms with Gasteiger partial charge in [-0.1, -0.05) is 35.5 Å². The summed E-state index contributed by atoms with van der Waals surface area (Å²) < 4.78 is 6.60. The molecule has 1 fully saturated rings. The zero-order chi connectivity index (χ0) is 19.9. The Morgan fingerprint density at radius 1 is 1.29 bits per heavy atom. The minimum Gasteiger partial charge on any atom is -0.469 e. The number of nitrogens with one attached hydrogen (secondary N) is 2. The van der Waals surface area contributed by atoms with E-state index >= 15 is 0 Å². The number of ether oxygens (including phenoxy) is 1. The van der Waals surface area contributed by atoms with Crippen molar-refractivity contribution in [1.29, 1.82) is 0 Å². The van der Waals surface area contributed by atoms with Crippen molar-refractivity contribution in [2.75, 3.05) is 20.2 Å². The molecule has 8 nitrogen and oxygen atoms in total. The summed E-state index contributed by atoms with van der Waals surface area (Å²) in [4.78, 5) is 24.5. The average Bonchev–Trinajstić information content (AvgIpc) is 3.13. The minimum atomic E-state index is -0.309. The SMILES string of the molecule is COC(=O)CCC(NC(=O)c1nnn(C2CCNCC2)c1C)c1ccccc1. The maximum Gasteiger partial charge on any atom is 0.305 e. The highest BCUT2D eigenvalue weighted by molar-refractivity contribution is 5.93. The molecule has 2 N–H and O–H groups in total. The lowest BCUT2D eigenvalue weighted by Crippen LogP contribution is -2.31. The number of esters is 1. The van der Waals surface area contributed by atoms with E-state index in [1.807, 2.05) is 41.9 Å². The molecule has 0 spiro atoms. The Morgan fingerprint density at radius 2 is 2.00 bits per heavy atom. The lowest BCUT2D eigenvalue weighted by molar-refractivity contribution is -0.140. The number of carbonyl (C=O) groups excluding carboxylic acids is 2. The summed E-state index contributed by atoms with van der Waals surface area (Å²) in [5, 5.41) is 14.7. The van der Waals surface area contributed by atoms with Crippen LogP contribution in [-0.4, -0.2) is 47.1 Å². The van der Waals surface area contributed by atoms with Gasteiger partial charge in [0.1, 0.15) is 0 Å². The smallest absolute Gasteiger partial charge is 0.305 e. The molecule has 1 aliphatic heterocycles. The molecule has 8 heteroatoms. The van der Waals surface area contributed by atoms with Gasteiger partial charge in [-0.05, 0) is 44.8 Å². The van der Waals surface area contributed by atoms with Crippen molar-refractivity contribution in [3.63, 3.8) is 0 Å². The normalized spacial score (nSPS) is 15.8. The van der Waals surface area contributed by atoms with E-state index in [4.69, 9.17) is 4.74 Å². The van der Waals surface area contributed by atoms with Gasteiger partial charge in [-0.3, -0.25) is 9.59 Å². The molecule has 28 heavy (non-hydrogen) atoms. The van der Waals surface area contributed by atoms with Crippen molar-refractivity contribution in [1.82, 2.24) is 25.6 Å². The summed E-state index contributed by atoms with van der Waals surface area (Å²) in [6.07, 6.45) is 2.61. The largest absolute Gasteiger partial charge is 0.469 e. The highest BCUT2D eigenvalue weighted by atomic mass is 16.5. The molecule has 0 aliphatic carbocycles. The Morgan fingerprint density at radius 3 is 2.68 bits per heavy atom. The number of aromatic nitrogens is 3. The summed E-state index contributed by atoms with van der Waals surface area (Å²) in [6, 6.07) is 9.55. The minimum absolute atomic E-state index is 0.219. The first-order valence-electron chi connectivity index (χ1n) is 9.65. The molecule has 1 aliphatic rings. The van der Waals surface area contributed by atoms with Crippen LogP contribution in [0.3, 0.4) is 0 Å². The van der Waals surface area contributed by atoms with Crippen molar-refractivity contribution in [2.24, 2.45) is 0 Å². The fraction of sp³-hybridized carbons (Fsp3) is 0.500. The Bertz CT molecular complexity index is 799. The van der Waals surface area contributed by atoms with Gasteiger partial charge in [0.15, 0.2) is 5.69 Å². The summed E-state index contributed by atoms with van der Waals surface area (Å²) in [5.41, 5.74) is 2.03. The van der Waals surface area contributed by atoms with Crippen molar-refractivity contribution in [3.05, 3.63) is 47.3 Å². The molecule has 1 aromatic heterocycles. The highest BCUT2D eigenvalue weighted by Crippen LogP contribution is 2.22. The van der Waals surface area contributed by atoms with Gasteiger partial charge < -0.3 is 15.4 Å². The van der Waals surface area contributed by atoms with E-state index in [1.165, 1.54) is 7.11 Å². The number of benzene rings is 1. The van der Waals surface area contributed by atoms with Crippen LogP contribution in [0.1, 0.15) is 59.5 Å². The van der Waals surface area contributed by atoms with E-state index in [2.05, 4.69) is 20.9 Å². The second kappa shape index (κ2) is 9.45. The van der Waals surface area contributed by atoms with Gasteiger partial charge in [-0.15, -0.1) is 5.10 Å². The predicted molar refractivity (Wildman–Crippen MR) is 104 cm³/mol. The van der Waals surface area contributed by atoms with Crippen LogP contribution in [0, 0.1) is 6.92 Å². The van der Waals surface area contributed by atoms with Crippen LogP contribution in [0.15, 0.2) is 30.3 Å². The van der Waals surface area contributed by atoms with Crippen molar-refractivity contribution in [3.8, 4) is 0 Å². The monoisotopic (exact) mass is 385 g/mol. The number of amides is 1. The van der Waals surface area contributed by atoms with Crippen LogP contribution in [0.2, 0.25) is 0 Å². The molecule has 2 heterocycles. The Balaban J connectivity index is 1.74. The molecule has 1 unspecified atom stereocenters. The van der Waals surface area contributed by atoms with Gasteiger partial charge >= 0.3 is 5.97 Å². The first-order chi connectivity index (χ1) is 13.6. The van der Waals surface area contributed by atoms with Crippen LogP contribution in [0.25, 0.3) is 0 Å². The maximum atomic E-state index is 12.9. The lowest BCUT2D eigenvalue weighted by atomic mass is 10.0. The summed E-state index contributed by atoms with van der Waals surface area (Å²) in [7, 11) is 1.36. The number of nitrogens with zero attached hydrogens (tertiary/aromatic N) is 3. The molecule has 1 atom stereocenters. The van der Waals surface area contributed by atoms with Crippen LogP contribution in [0.5, 0.6) is 0 Å². The number of carbonyl (C=O) groups is 2. The number of piperidine rings is 1. The third-order valence-electron chi connectivity index (χ3n) is 5.17. The first-order valence-corrected chi connectivity index (χ1v) is 9.65. The number of hydrogen-bond acceptors (Lipinski definition) is 6. The van der Waals surface area contributed by atoms with E-state index in [0.717, 1.165) is 37.2 Å². The van der Waals surface area contributed by atoms with Crippen molar-refractivity contribution < 1.29 is 14.3 Å². The predicted octanol–water partition coefficient (Wildman–Crippen LogP) is 1.94. The molecule has 1 aromatic carbocycles. The molecule has 0 bridgehead atoms. The summed E-state index contributed by atoms with van der Waals surface area (Å²) >= 11 is 0. The fourth-order valence-electron chi connectivity index (χ4n) is 3.55. The van der Waals surface area contributed by atoms with Gasteiger partial charge in [-0.2, -0.15) is 0 Å². The number of methoxy groups -OCH3 is 1.